The van der Waals surface area contributed by atoms with Crippen LogP contribution in [0.25, 0.3) is 4.85 Å². The van der Waals surface area contributed by atoms with Gasteiger partial charge in [0.05, 0.1) is 6.57 Å². The van der Waals surface area contributed by atoms with E-state index in [9.17, 15) is 4.39 Å². The van der Waals surface area contributed by atoms with Crippen LogP contribution in [-0.2, 0) is 0 Å². The van der Waals surface area contributed by atoms with Gasteiger partial charge in [-0.2, -0.15) is 0 Å². The first kappa shape index (κ1) is 8.75. The standard InChI is InChI=1S/C7H2ClFIN/c1-11-7-5(9)2-4(8)3-6(7)10/h2-3H. The fourth-order valence-corrected chi connectivity index (χ4v) is 1.74. The molecule has 0 aromatic heterocycles. The minimum absolute atomic E-state index is 0.0370. The lowest BCUT2D eigenvalue weighted by molar-refractivity contribution is 0.633. The van der Waals surface area contributed by atoms with Crippen LogP contribution >= 0.6 is 34.2 Å². The third-order valence-corrected chi connectivity index (χ3v) is 2.13. The number of rotatable bonds is 0. The molecule has 1 nitrogen and oxygen atoms in total. The second-order valence-corrected chi connectivity index (χ2v) is 3.43. The van der Waals surface area contributed by atoms with Crippen molar-refractivity contribution in [1.29, 1.82) is 0 Å². The molecule has 0 fully saturated rings. The molecule has 1 rings (SSSR count). The molecule has 0 aliphatic heterocycles. The zero-order valence-electron chi connectivity index (χ0n) is 5.24. The lowest BCUT2D eigenvalue weighted by Gasteiger charge is -1.97. The largest absolute Gasteiger partial charge is 0.235 e. The quantitative estimate of drug-likeness (QED) is 0.505. The van der Waals surface area contributed by atoms with Gasteiger partial charge >= 0.3 is 0 Å². The summed E-state index contributed by atoms with van der Waals surface area (Å²) in [6.07, 6.45) is 0. The van der Waals surface area contributed by atoms with Crippen LogP contribution in [0.1, 0.15) is 0 Å². The Kier molecular flexibility index (Phi) is 2.68. The molecular formula is C7H2ClFIN. The maximum Gasteiger partial charge on any atom is 0.235 e. The van der Waals surface area contributed by atoms with Gasteiger partial charge < -0.3 is 0 Å². The Morgan fingerprint density at radius 2 is 2.18 bits per heavy atom. The Balaban J connectivity index is 3.40. The number of nitrogens with zero attached hydrogens (tertiary/aromatic N) is 1. The van der Waals surface area contributed by atoms with Gasteiger partial charge in [0.25, 0.3) is 0 Å². The van der Waals surface area contributed by atoms with Gasteiger partial charge in [-0.1, -0.05) is 34.2 Å². The van der Waals surface area contributed by atoms with Gasteiger partial charge in [-0.25, -0.2) is 9.24 Å². The molecule has 0 aliphatic rings. The van der Waals surface area contributed by atoms with Crippen molar-refractivity contribution in [3.63, 3.8) is 0 Å². The van der Waals surface area contributed by atoms with Crippen molar-refractivity contribution >= 4 is 39.9 Å². The van der Waals surface area contributed by atoms with Crippen molar-refractivity contribution in [1.82, 2.24) is 0 Å². The summed E-state index contributed by atoms with van der Waals surface area (Å²) in [5.41, 5.74) is 0.0370. The Morgan fingerprint density at radius 3 is 2.64 bits per heavy atom. The van der Waals surface area contributed by atoms with Crippen molar-refractivity contribution < 1.29 is 4.39 Å². The van der Waals surface area contributed by atoms with Crippen LogP contribution in [0.15, 0.2) is 12.1 Å². The summed E-state index contributed by atoms with van der Waals surface area (Å²) in [5.74, 6) is -0.558. The first-order valence-electron chi connectivity index (χ1n) is 2.67. The van der Waals surface area contributed by atoms with Gasteiger partial charge in [0.15, 0.2) is 0 Å². The van der Waals surface area contributed by atoms with E-state index in [1.54, 1.807) is 6.07 Å². The highest BCUT2D eigenvalue weighted by Crippen LogP contribution is 2.28. The molecule has 0 amide bonds. The smallest absolute Gasteiger partial charge is 0.234 e. The molecule has 0 unspecified atom stereocenters. The molecule has 1 aromatic rings. The highest BCUT2D eigenvalue weighted by molar-refractivity contribution is 14.1. The summed E-state index contributed by atoms with van der Waals surface area (Å²) in [6.45, 7) is 6.63. The van der Waals surface area contributed by atoms with E-state index in [-0.39, 0.29) is 5.69 Å². The molecule has 0 spiro atoms. The second kappa shape index (κ2) is 3.37. The van der Waals surface area contributed by atoms with Crippen LogP contribution in [0.5, 0.6) is 0 Å². The summed E-state index contributed by atoms with van der Waals surface area (Å²) in [7, 11) is 0. The summed E-state index contributed by atoms with van der Waals surface area (Å²) in [6, 6.07) is 2.69. The van der Waals surface area contributed by atoms with Crippen molar-refractivity contribution in [3.05, 3.63) is 38.0 Å². The molecule has 0 atom stereocenters. The fourth-order valence-electron chi connectivity index (χ4n) is 0.641. The van der Waals surface area contributed by atoms with E-state index in [4.69, 9.17) is 18.2 Å². The second-order valence-electron chi connectivity index (χ2n) is 1.83. The Morgan fingerprint density at radius 1 is 1.55 bits per heavy atom. The van der Waals surface area contributed by atoms with Crippen LogP contribution in [-0.4, -0.2) is 0 Å². The zero-order chi connectivity index (χ0) is 8.43. The molecule has 0 radical (unpaired) electrons. The molecule has 1 aromatic carbocycles. The van der Waals surface area contributed by atoms with Crippen molar-refractivity contribution in [2.45, 2.75) is 0 Å². The summed E-state index contributed by atoms with van der Waals surface area (Å²) >= 11 is 7.40. The summed E-state index contributed by atoms with van der Waals surface area (Å²) in [5, 5.41) is 0.319. The summed E-state index contributed by atoms with van der Waals surface area (Å²) < 4.78 is 13.4. The van der Waals surface area contributed by atoms with Gasteiger partial charge in [0.2, 0.25) is 5.69 Å². The first-order chi connectivity index (χ1) is 5.15. The van der Waals surface area contributed by atoms with E-state index >= 15 is 0 Å². The number of benzene rings is 1. The molecule has 0 aliphatic carbocycles. The van der Waals surface area contributed by atoms with Crippen LogP contribution in [0.4, 0.5) is 10.1 Å². The van der Waals surface area contributed by atoms with Crippen LogP contribution in [0.2, 0.25) is 5.02 Å². The van der Waals surface area contributed by atoms with Crippen molar-refractivity contribution in [3.8, 4) is 0 Å². The predicted molar refractivity (Wildman–Crippen MR) is 50.4 cm³/mol. The van der Waals surface area contributed by atoms with E-state index in [2.05, 4.69) is 4.85 Å². The number of halogens is 3. The molecule has 11 heavy (non-hydrogen) atoms. The van der Waals surface area contributed by atoms with Gasteiger partial charge in [-0.15, -0.1) is 0 Å². The van der Waals surface area contributed by atoms with Crippen molar-refractivity contribution in [2.75, 3.05) is 0 Å². The lowest BCUT2D eigenvalue weighted by atomic mass is 10.3. The average Bonchev–Trinajstić information content (AvgIpc) is 1.85. The van der Waals surface area contributed by atoms with Gasteiger partial charge in [-0.05, 0) is 12.1 Å². The zero-order valence-corrected chi connectivity index (χ0v) is 8.15. The molecule has 0 saturated heterocycles. The normalized spacial score (nSPS) is 9.27. The topological polar surface area (TPSA) is 4.36 Å². The van der Waals surface area contributed by atoms with E-state index in [1.165, 1.54) is 0 Å². The van der Waals surface area contributed by atoms with Gasteiger partial charge in [-0.3, -0.25) is 0 Å². The van der Waals surface area contributed by atoms with E-state index in [1.807, 2.05) is 22.6 Å². The predicted octanol–water partition coefficient (Wildman–Crippen LogP) is 3.63. The molecule has 4 heteroatoms. The van der Waals surface area contributed by atoms with Crippen molar-refractivity contribution in [2.24, 2.45) is 0 Å². The minimum Gasteiger partial charge on any atom is -0.234 e. The van der Waals surface area contributed by atoms with E-state index < -0.39 is 5.82 Å². The average molecular weight is 281 g/mol. The molecule has 0 heterocycles. The Bertz CT molecular complexity index is 309. The van der Waals surface area contributed by atoms with E-state index in [0.29, 0.717) is 8.59 Å². The van der Waals surface area contributed by atoms with Crippen LogP contribution < -0.4 is 0 Å². The molecule has 0 saturated carbocycles. The third kappa shape index (κ3) is 1.82. The first-order valence-corrected chi connectivity index (χ1v) is 4.13. The van der Waals surface area contributed by atoms with Crippen LogP contribution in [0.3, 0.4) is 0 Å². The van der Waals surface area contributed by atoms with Gasteiger partial charge in [0, 0.05) is 8.59 Å². The van der Waals surface area contributed by atoms with Crippen LogP contribution in [0, 0.1) is 16.0 Å². The number of hydrogen-bond acceptors (Lipinski definition) is 0. The highest BCUT2D eigenvalue weighted by Gasteiger charge is 2.07. The number of hydrogen-bond donors (Lipinski definition) is 0. The van der Waals surface area contributed by atoms with Gasteiger partial charge in [0.1, 0.15) is 5.82 Å². The summed E-state index contributed by atoms with van der Waals surface area (Å²) in [4.78, 5) is 3.02. The minimum atomic E-state index is -0.558. The molecule has 0 N–H and O–H groups in total. The monoisotopic (exact) mass is 281 g/mol. The fraction of sp³-hybridized carbons (Fsp3) is 0. The Labute approximate surface area is 82.1 Å². The molecule has 56 valence electrons. The maximum absolute atomic E-state index is 12.8. The highest BCUT2D eigenvalue weighted by atomic mass is 127. The van der Waals surface area contributed by atoms with E-state index in [0.717, 1.165) is 6.07 Å². The SMILES string of the molecule is [C-]#[N+]c1c(F)cc(Cl)cc1I. The molecular weight excluding hydrogens is 279 g/mol. The maximum atomic E-state index is 12.8. The lowest BCUT2D eigenvalue weighted by Crippen LogP contribution is -1.78. The third-order valence-electron chi connectivity index (χ3n) is 1.09. The Hall–Kier alpha value is -0.340. The molecule has 0 bridgehead atoms.